The molecule has 0 aliphatic carbocycles. The number of nitrogens with zero attached hydrogens (tertiary/aromatic N) is 3. The van der Waals surface area contributed by atoms with Crippen LogP contribution in [-0.4, -0.2) is 95.9 Å². The number of nitrogens with one attached hydrogen (secondary N) is 1. The normalized spacial score (nSPS) is 22.1. The van der Waals surface area contributed by atoms with E-state index in [2.05, 4.69) is 5.32 Å². The van der Waals surface area contributed by atoms with Gasteiger partial charge in [0.2, 0.25) is 11.8 Å². The number of amides is 3. The average Bonchev–Trinajstić information content (AvgIpc) is 3.38. The van der Waals surface area contributed by atoms with Crippen molar-refractivity contribution in [3.05, 3.63) is 29.8 Å². The van der Waals surface area contributed by atoms with E-state index in [0.717, 1.165) is 5.69 Å². The maximum absolute atomic E-state index is 13.6. The highest BCUT2D eigenvalue weighted by atomic mass is 16.3. The topological polar surface area (TPSA) is 136 Å². The van der Waals surface area contributed by atoms with Gasteiger partial charge in [-0.05, 0) is 49.9 Å². The van der Waals surface area contributed by atoms with Crippen molar-refractivity contribution in [3.8, 4) is 0 Å². The molecule has 2 aliphatic heterocycles. The summed E-state index contributed by atoms with van der Waals surface area (Å²) in [5, 5.41) is 12.6. The van der Waals surface area contributed by atoms with Crippen LogP contribution in [0, 0.1) is 5.92 Å². The van der Waals surface area contributed by atoms with Crippen LogP contribution in [-0.2, 0) is 14.4 Å². The third-order valence-corrected chi connectivity index (χ3v) is 6.75. The summed E-state index contributed by atoms with van der Waals surface area (Å²) in [5.74, 6) is -1.29. The van der Waals surface area contributed by atoms with E-state index in [0.29, 0.717) is 24.9 Å². The fraction of sp³-hybridized carbons (Fsp3) is 0.600. The van der Waals surface area contributed by atoms with E-state index >= 15 is 0 Å². The Kier molecular flexibility index (Phi) is 8.17. The molecular formula is C25H37N5O5. The van der Waals surface area contributed by atoms with Crippen LogP contribution in [0.2, 0.25) is 0 Å². The molecule has 192 valence electrons. The molecule has 5 atom stereocenters. The first-order chi connectivity index (χ1) is 16.4. The van der Waals surface area contributed by atoms with E-state index in [9.17, 15) is 24.3 Å². The monoisotopic (exact) mass is 487 g/mol. The molecule has 2 fully saturated rings. The Bertz CT molecular complexity index is 961. The Morgan fingerprint density at radius 2 is 1.74 bits per heavy atom. The zero-order valence-electron chi connectivity index (χ0n) is 21.1. The molecule has 0 radical (unpaired) electrons. The van der Waals surface area contributed by atoms with Gasteiger partial charge in [-0.3, -0.25) is 19.2 Å². The van der Waals surface area contributed by atoms with Gasteiger partial charge >= 0.3 is 0 Å². The number of carbonyl (C=O) groups is 4. The Balaban J connectivity index is 1.76. The Labute approximate surface area is 206 Å². The van der Waals surface area contributed by atoms with Crippen LogP contribution in [0.5, 0.6) is 0 Å². The molecule has 2 saturated heterocycles. The Morgan fingerprint density at radius 3 is 2.29 bits per heavy atom. The highest BCUT2D eigenvalue weighted by molar-refractivity contribution is 6.01. The molecule has 10 heteroatoms. The lowest BCUT2D eigenvalue weighted by atomic mass is 10.0. The molecule has 3 amide bonds. The molecule has 2 heterocycles. The molecule has 0 saturated carbocycles. The van der Waals surface area contributed by atoms with Crippen molar-refractivity contribution in [2.45, 2.75) is 63.9 Å². The number of hydrogen-bond donors (Lipinski definition) is 3. The predicted octanol–water partition coefficient (Wildman–Crippen LogP) is -0.0140. The van der Waals surface area contributed by atoms with Gasteiger partial charge in [-0.2, -0.15) is 0 Å². The van der Waals surface area contributed by atoms with E-state index in [1.165, 1.54) is 16.7 Å². The van der Waals surface area contributed by atoms with Crippen LogP contribution in [0.25, 0.3) is 0 Å². The van der Waals surface area contributed by atoms with Crippen molar-refractivity contribution in [1.82, 2.24) is 15.1 Å². The van der Waals surface area contributed by atoms with Crippen LogP contribution in [0.3, 0.4) is 0 Å². The number of carbonyl (C=O) groups excluding carboxylic acids is 4. The maximum Gasteiger partial charge on any atom is 0.251 e. The molecular weight excluding hydrogens is 450 g/mol. The number of benzene rings is 1. The largest absolute Gasteiger partial charge is 0.391 e. The van der Waals surface area contributed by atoms with Crippen molar-refractivity contribution in [1.29, 1.82) is 0 Å². The van der Waals surface area contributed by atoms with Crippen LogP contribution in [0.4, 0.5) is 5.69 Å². The minimum Gasteiger partial charge on any atom is -0.391 e. The zero-order valence-corrected chi connectivity index (χ0v) is 21.1. The summed E-state index contributed by atoms with van der Waals surface area (Å²) in [6.45, 7) is 5.51. The number of aliphatic hydroxyl groups is 1. The quantitative estimate of drug-likeness (QED) is 0.469. The molecule has 0 aromatic heterocycles. The van der Waals surface area contributed by atoms with Gasteiger partial charge in [0.15, 0.2) is 5.78 Å². The second kappa shape index (κ2) is 10.7. The number of Topliss-reactive ketones (excluding diaryl/α,β-unsaturated/α-hetero) is 1. The number of aliphatic hydroxyl groups excluding tert-OH is 1. The number of ketones is 1. The van der Waals surface area contributed by atoms with Crippen LogP contribution in [0.15, 0.2) is 24.3 Å². The first-order valence-electron chi connectivity index (χ1n) is 12.1. The molecule has 1 aromatic rings. The molecule has 2 aliphatic rings. The van der Waals surface area contributed by atoms with Crippen molar-refractivity contribution >= 4 is 29.2 Å². The summed E-state index contributed by atoms with van der Waals surface area (Å²) < 4.78 is 0. The molecule has 1 unspecified atom stereocenters. The van der Waals surface area contributed by atoms with E-state index in [4.69, 9.17) is 5.73 Å². The van der Waals surface area contributed by atoms with Gasteiger partial charge in [0.1, 0.15) is 18.1 Å². The molecule has 10 nitrogen and oxygen atoms in total. The number of nitrogens with two attached hydrogens (primary N) is 1. The summed E-state index contributed by atoms with van der Waals surface area (Å²) in [4.78, 5) is 56.9. The summed E-state index contributed by atoms with van der Waals surface area (Å²) in [7, 11) is 3.82. The number of hydrogen-bond acceptors (Lipinski definition) is 7. The fourth-order valence-electron chi connectivity index (χ4n) is 4.80. The van der Waals surface area contributed by atoms with E-state index < -0.39 is 36.2 Å². The van der Waals surface area contributed by atoms with Crippen LogP contribution < -0.4 is 16.0 Å². The average molecular weight is 488 g/mol. The van der Waals surface area contributed by atoms with Gasteiger partial charge in [0.25, 0.3) is 5.91 Å². The molecule has 0 bridgehead atoms. The summed E-state index contributed by atoms with van der Waals surface area (Å²) in [6, 6.07) is 3.92. The predicted molar refractivity (Wildman–Crippen MR) is 132 cm³/mol. The van der Waals surface area contributed by atoms with Gasteiger partial charge in [0, 0.05) is 31.9 Å². The highest BCUT2D eigenvalue weighted by Gasteiger charge is 2.52. The van der Waals surface area contributed by atoms with E-state index in [1.54, 1.807) is 12.1 Å². The van der Waals surface area contributed by atoms with Gasteiger partial charge in [0.05, 0.1) is 18.7 Å². The number of anilines is 1. The second-order valence-electron chi connectivity index (χ2n) is 10.1. The smallest absolute Gasteiger partial charge is 0.251 e. The first-order valence-corrected chi connectivity index (χ1v) is 12.1. The molecule has 3 rings (SSSR count). The Morgan fingerprint density at radius 1 is 1.11 bits per heavy atom. The molecule has 35 heavy (non-hydrogen) atoms. The lowest BCUT2D eigenvalue weighted by molar-refractivity contribution is -0.138. The third-order valence-electron chi connectivity index (χ3n) is 6.75. The van der Waals surface area contributed by atoms with Gasteiger partial charge in [-0.25, -0.2) is 0 Å². The van der Waals surface area contributed by atoms with Crippen molar-refractivity contribution in [2.75, 3.05) is 32.1 Å². The minimum absolute atomic E-state index is 0.125. The third kappa shape index (κ3) is 5.65. The zero-order chi connectivity index (χ0) is 26.0. The lowest BCUT2D eigenvalue weighted by Crippen LogP contribution is -2.53. The SMILES string of the molecule is CC(C)C[C@H](NC(=O)c1ccc(N(C)C)cc1)C(=O)N1CCC2[C@H]1C(=O)CN2C(=O)[C@@H](N)[C@@H](C)O. The van der Waals surface area contributed by atoms with Gasteiger partial charge < -0.3 is 30.9 Å². The summed E-state index contributed by atoms with van der Waals surface area (Å²) in [5.41, 5.74) is 7.21. The summed E-state index contributed by atoms with van der Waals surface area (Å²) >= 11 is 0. The number of likely N-dealkylation sites (tertiary alicyclic amines) is 2. The van der Waals surface area contributed by atoms with Gasteiger partial charge in [-0.15, -0.1) is 0 Å². The minimum atomic E-state index is -1.13. The standard InChI is InChI=1S/C25H37N5O5/c1-14(2)12-18(27-23(33)16-6-8-17(9-7-16)28(4)5)24(34)29-11-10-19-22(29)20(32)13-30(19)25(35)21(26)15(3)31/h6-9,14-15,18-19,21-22,31H,10-13,26H2,1-5H3,(H,27,33)/t15-,18+,19?,21+,22+/m1/s1. The lowest BCUT2D eigenvalue weighted by Gasteiger charge is -2.29. The summed E-state index contributed by atoms with van der Waals surface area (Å²) in [6.07, 6.45) is -0.194. The van der Waals surface area contributed by atoms with Crippen molar-refractivity contribution in [2.24, 2.45) is 11.7 Å². The first kappa shape index (κ1) is 26.6. The number of fused-ring (bicyclic) bond motifs is 1. The van der Waals surface area contributed by atoms with Crippen LogP contribution in [0.1, 0.15) is 44.0 Å². The maximum atomic E-state index is 13.6. The fourth-order valence-corrected chi connectivity index (χ4v) is 4.80. The molecule has 4 N–H and O–H groups in total. The van der Waals surface area contributed by atoms with Crippen molar-refractivity contribution in [3.63, 3.8) is 0 Å². The second-order valence-corrected chi connectivity index (χ2v) is 10.1. The highest BCUT2D eigenvalue weighted by Crippen LogP contribution is 2.31. The van der Waals surface area contributed by atoms with Gasteiger partial charge in [-0.1, -0.05) is 13.8 Å². The van der Waals surface area contributed by atoms with E-state index in [1.807, 2.05) is 45.0 Å². The molecule has 0 spiro atoms. The van der Waals surface area contributed by atoms with E-state index in [-0.39, 0.29) is 30.1 Å². The number of rotatable bonds is 8. The van der Waals surface area contributed by atoms with Crippen molar-refractivity contribution < 1.29 is 24.3 Å². The molecule has 1 aromatic carbocycles. The Hall–Kier alpha value is -2.98. The van der Waals surface area contributed by atoms with Crippen LogP contribution >= 0.6 is 0 Å².